The summed E-state index contributed by atoms with van der Waals surface area (Å²) in [6.07, 6.45) is 0. The van der Waals surface area contributed by atoms with Crippen molar-refractivity contribution in [2.45, 2.75) is 72.1 Å². The molecule has 0 fully saturated rings. The Morgan fingerprint density at radius 1 is 0.824 bits per heavy atom. The molecule has 0 radical (unpaired) electrons. The predicted molar refractivity (Wildman–Crippen MR) is 71.3 cm³/mol. The molecule has 1 rings (SSSR count). The van der Waals surface area contributed by atoms with E-state index in [4.69, 9.17) is 4.98 Å². The fourth-order valence-corrected chi connectivity index (χ4v) is 1.59. The number of hydrogen-bond donors (Lipinski definition) is 0. The highest BCUT2D eigenvalue weighted by molar-refractivity contribution is 5.23. The average Bonchev–Trinajstić information content (AvgIpc) is 2.14. The average molecular weight is 235 g/mol. The van der Waals surface area contributed by atoms with Gasteiger partial charge in [-0.25, -0.2) is 4.98 Å². The molecule has 0 spiro atoms. The second-order valence-electron chi connectivity index (χ2n) is 7.02. The van der Waals surface area contributed by atoms with Gasteiger partial charge in [0.1, 0.15) is 0 Å². The maximum absolute atomic E-state index is 4.76. The molecule has 17 heavy (non-hydrogen) atoms. The van der Waals surface area contributed by atoms with Gasteiger partial charge in [-0.05, 0) is 5.92 Å². The highest BCUT2D eigenvalue weighted by atomic mass is 15.2. The van der Waals surface area contributed by atoms with E-state index in [2.05, 4.69) is 65.6 Å². The Labute approximate surface area is 105 Å². The number of nitrogens with zero attached hydrogens (tertiary/aromatic N) is 3. The van der Waals surface area contributed by atoms with Crippen molar-refractivity contribution in [3.63, 3.8) is 0 Å². The lowest BCUT2D eigenvalue weighted by Gasteiger charge is -2.25. The Hall–Kier alpha value is -0.990. The van der Waals surface area contributed by atoms with Crippen LogP contribution in [0, 0.1) is 0 Å². The second kappa shape index (κ2) is 4.35. The van der Waals surface area contributed by atoms with Crippen molar-refractivity contribution in [2.75, 3.05) is 0 Å². The zero-order valence-electron chi connectivity index (χ0n) is 12.4. The van der Waals surface area contributed by atoms with Crippen molar-refractivity contribution in [2.24, 2.45) is 0 Å². The molecule has 0 saturated carbocycles. The molecule has 96 valence electrons. The summed E-state index contributed by atoms with van der Waals surface area (Å²) >= 11 is 0. The van der Waals surface area contributed by atoms with Crippen LogP contribution in [-0.4, -0.2) is 15.2 Å². The van der Waals surface area contributed by atoms with Gasteiger partial charge in [-0.1, -0.05) is 55.4 Å². The van der Waals surface area contributed by atoms with Crippen LogP contribution in [-0.2, 0) is 10.8 Å². The molecule has 0 aliphatic rings. The van der Waals surface area contributed by atoms with Crippen molar-refractivity contribution in [1.29, 1.82) is 0 Å². The van der Waals surface area contributed by atoms with Crippen molar-refractivity contribution < 1.29 is 0 Å². The summed E-state index contributed by atoms with van der Waals surface area (Å²) in [5.41, 5.74) is 2.05. The maximum Gasteiger partial charge on any atom is 0.156 e. The summed E-state index contributed by atoms with van der Waals surface area (Å²) in [6.45, 7) is 17.2. The third-order valence-corrected chi connectivity index (χ3v) is 2.64. The molecule has 1 aromatic rings. The summed E-state index contributed by atoms with van der Waals surface area (Å²) in [6, 6.07) is 0. The Morgan fingerprint density at radius 3 is 1.71 bits per heavy atom. The van der Waals surface area contributed by atoms with Crippen LogP contribution < -0.4 is 0 Å². The first-order valence-corrected chi connectivity index (χ1v) is 6.29. The molecule has 1 heterocycles. The Morgan fingerprint density at radius 2 is 1.35 bits per heavy atom. The second-order valence-corrected chi connectivity index (χ2v) is 7.02. The molecule has 0 unspecified atom stereocenters. The lowest BCUT2D eigenvalue weighted by atomic mass is 9.87. The van der Waals surface area contributed by atoms with Crippen LogP contribution in [0.2, 0.25) is 0 Å². The van der Waals surface area contributed by atoms with Crippen LogP contribution >= 0.6 is 0 Å². The molecule has 0 aliphatic carbocycles. The SMILES string of the molecule is CC(C)c1nnc(C(C)(C)C)nc1C(C)(C)C. The fraction of sp³-hybridized carbons (Fsp3) is 0.786. The zero-order valence-corrected chi connectivity index (χ0v) is 12.4. The van der Waals surface area contributed by atoms with E-state index in [9.17, 15) is 0 Å². The van der Waals surface area contributed by atoms with Crippen molar-refractivity contribution in [3.8, 4) is 0 Å². The van der Waals surface area contributed by atoms with Crippen LogP contribution in [0.25, 0.3) is 0 Å². The highest BCUT2D eigenvalue weighted by Crippen LogP contribution is 2.28. The topological polar surface area (TPSA) is 38.7 Å². The normalized spacial score (nSPS) is 13.2. The predicted octanol–water partition coefficient (Wildman–Crippen LogP) is 3.59. The monoisotopic (exact) mass is 235 g/mol. The molecule has 3 heteroatoms. The summed E-state index contributed by atoms with van der Waals surface area (Å²) in [7, 11) is 0. The van der Waals surface area contributed by atoms with Crippen LogP contribution in [0.1, 0.15) is 78.5 Å². The van der Waals surface area contributed by atoms with E-state index in [1.165, 1.54) is 0 Å². The highest BCUT2D eigenvalue weighted by Gasteiger charge is 2.27. The van der Waals surface area contributed by atoms with Crippen LogP contribution in [0.5, 0.6) is 0 Å². The van der Waals surface area contributed by atoms with Gasteiger partial charge in [0.15, 0.2) is 5.82 Å². The maximum atomic E-state index is 4.76. The zero-order chi connectivity index (χ0) is 13.4. The van der Waals surface area contributed by atoms with E-state index >= 15 is 0 Å². The lowest BCUT2D eigenvalue weighted by Crippen LogP contribution is -2.25. The first kappa shape index (κ1) is 14.1. The molecule has 0 aliphatic heterocycles. The molecule has 0 amide bonds. The van der Waals surface area contributed by atoms with E-state index < -0.39 is 0 Å². The van der Waals surface area contributed by atoms with Gasteiger partial charge in [0.25, 0.3) is 0 Å². The molecule has 0 aromatic carbocycles. The molecular weight excluding hydrogens is 210 g/mol. The van der Waals surface area contributed by atoms with Gasteiger partial charge in [0.05, 0.1) is 11.4 Å². The minimum absolute atomic E-state index is 0.00947. The minimum Gasteiger partial charge on any atom is -0.233 e. The molecule has 0 atom stereocenters. The van der Waals surface area contributed by atoms with Gasteiger partial charge in [0, 0.05) is 10.8 Å². The van der Waals surface area contributed by atoms with Crippen molar-refractivity contribution >= 4 is 0 Å². The van der Waals surface area contributed by atoms with Gasteiger partial charge < -0.3 is 0 Å². The third kappa shape index (κ3) is 3.24. The standard InChI is InChI=1S/C14H25N3/c1-9(2)10-11(13(3,4)5)15-12(17-16-10)14(6,7)8/h9H,1-8H3. The first-order chi connectivity index (χ1) is 7.53. The van der Waals surface area contributed by atoms with Gasteiger partial charge in [-0.15, -0.1) is 5.10 Å². The number of aromatic nitrogens is 3. The first-order valence-electron chi connectivity index (χ1n) is 6.29. The van der Waals surface area contributed by atoms with E-state index in [0.29, 0.717) is 5.92 Å². The Kier molecular flexibility index (Phi) is 3.60. The van der Waals surface area contributed by atoms with Gasteiger partial charge in [-0.3, -0.25) is 0 Å². The smallest absolute Gasteiger partial charge is 0.156 e. The van der Waals surface area contributed by atoms with E-state index in [0.717, 1.165) is 17.2 Å². The Bertz CT molecular complexity index is 395. The number of rotatable bonds is 1. The van der Waals surface area contributed by atoms with E-state index in [-0.39, 0.29) is 10.8 Å². The summed E-state index contributed by atoms with van der Waals surface area (Å²) in [4.78, 5) is 4.76. The van der Waals surface area contributed by atoms with Gasteiger partial charge in [0.2, 0.25) is 0 Å². The van der Waals surface area contributed by atoms with Crippen LogP contribution in [0.3, 0.4) is 0 Å². The molecule has 0 N–H and O–H groups in total. The number of hydrogen-bond acceptors (Lipinski definition) is 3. The van der Waals surface area contributed by atoms with Crippen LogP contribution in [0.4, 0.5) is 0 Å². The fourth-order valence-electron chi connectivity index (χ4n) is 1.59. The van der Waals surface area contributed by atoms with E-state index in [1.807, 2.05) is 0 Å². The molecular formula is C14H25N3. The summed E-state index contributed by atoms with van der Waals surface area (Å²) in [5.74, 6) is 1.19. The molecule has 1 aromatic heterocycles. The van der Waals surface area contributed by atoms with Crippen LogP contribution in [0.15, 0.2) is 0 Å². The molecule has 3 nitrogen and oxygen atoms in total. The Balaban J connectivity index is 3.41. The van der Waals surface area contributed by atoms with Gasteiger partial charge in [-0.2, -0.15) is 5.10 Å². The van der Waals surface area contributed by atoms with Crippen molar-refractivity contribution in [1.82, 2.24) is 15.2 Å². The van der Waals surface area contributed by atoms with E-state index in [1.54, 1.807) is 0 Å². The van der Waals surface area contributed by atoms with Gasteiger partial charge >= 0.3 is 0 Å². The molecule has 0 bridgehead atoms. The van der Waals surface area contributed by atoms with Crippen molar-refractivity contribution in [3.05, 3.63) is 17.2 Å². The summed E-state index contributed by atoms with van der Waals surface area (Å²) in [5, 5.41) is 8.68. The largest absolute Gasteiger partial charge is 0.233 e. The minimum atomic E-state index is -0.0531. The third-order valence-electron chi connectivity index (χ3n) is 2.64. The summed E-state index contributed by atoms with van der Waals surface area (Å²) < 4.78 is 0. The lowest BCUT2D eigenvalue weighted by molar-refractivity contribution is 0.486. The molecule has 0 saturated heterocycles. The quantitative estimate of drug-likeness (QED) is 0.746.